The van der Waals surface area contributed by atoms with Crippen LogP contribution in [-0.4, -0.2) is 100 Å². The maximum absolute atomic E-state index is 14.4. The van der Waals surface area contributed by atoms with Crippen molar-refractivity contribution in [2.24, 2.45) is 22.5 Å². The van der Waals surface area contributed by atoms with E-state index in [0.717, 1.165) is 74.7 Å². The van der Waals surface area contributed by atoms with Crippen molar-refractivity contribution in [3.8, 4) is 11.8 Å². The summed E-state index contributed by atoms with van der Waals surface area (Å²) in [5.41, 5.74) is 6.34. The van der Waals surface area contributed by atoms with Gasteiger partial charge in [-0.2, -0.15) is 5.26 Å². The predicted molar refractivity (Wildman–Crippen MR) is 220 cm³/mol. The van der Waals surface area contributed by atoms with E-state index in [-0.39, 0.29) is 35.3 Å². The standard InChI is InChI=1S/C45H50ClN7O6/c1-44(2)42(45(3,4)43(44)59-31-8-5-29(23-47)34(46)22-31)53-37(54)12-10-35(41(53)58)52-39(56)32-9-6-28(21-33(32)40(52)57)27-15-17-50(18-16-27)25-26-13-19-51(20-14-26)36-11-7-30(24-49-36)38(48)55/h5-9,11,21-22,24,26-27,35,42-43H,10,12-20,25H2,1-4H3,(H2,48,55). The molecule has 308 valence electrons. The van der Waals surface area contributed by atoms with Crippen LogP contribution in [0.1, 0.15) is 114 Å². The van der Waals surface area contributed by atoms with E-state index in [2.05, 4.69) is 14.8 Å². The molecule has 0 radical (unpaired) electrons. The van der Waals surface area contributed by atoms with Crippen molar-refractivity contribution < 1.29 is 28.7 Å². The van der Waals surface area contributed by atoms with Gasteiger partial charge < -0.3 is 20.3 Å². The van der Waals surface area contributed by atoms with Crippen LogP contribution in [0.25, 0.3) is 0 Å². The zero-order valence-electron chi connectivity index (χ0n) is 33.9. The zero-order chi connectivity index (χ0) is 42.0. The summed E-state index contributed by atoms with van der Waals surface area (Å²) in [6, 6.07) is 14.3. The predicted octanol–water partition coefficient (Wildman–Crippen LogP) is 5.80. The number of carbonyl (C=O) groups excluding carboxylic acids is 5. The summed E-state index contributed by atoms with van der Waals surface area (Å²) < 4.78 is 6.40. The van der Waals surface area contributed by atoms with Crippen molar-refractivity contribution in [1.29, 1.82) is 5.26 Å². The Morgan fingerprint density at radius 1 is 0.881 bits per heavy atom. The first-order valence-corrected chi connectivity index (χ1v) is 20.9. The second-order valence-electron chi connectivity index (χ2n) is 18.0. The molecule has 0 bridgehead atoms. The molecular weight excluding hydrogens is 770 g/mol. The molecule has 1 saturated carbocycles. The number of nitrogens with zero attached hydrogens (tertiary/aromatic N) is 6. The third-order valence-electron chi connectivity index (χ3n) is 13.6. The minimum atomic E-state index is -1.10. The Hall–Kier alpha value is -5.32. The summed E-state index contributed by atoms with van der Waals surface area (Å²) in [5, 5.41) is 9.55. The number of amides is 5. The maximum Gasteiger partial charge on any atom is 0.262 e. The highest BCUT2D eigenvalue weighted by atomic mass is 35.5. The molecule has 13 nitrogen and oxygen atoms in total. The van der Waals surface area contributed by atoms with Crippen molar-refractivity contribution in [1.82, 2.24) is 19.7 Å². The summed E-state index contributed by atoms with van der Waals surface area (Å²) in [5.74, 6) is -0.191. The number of nitriles is 1. The van der Waals surface area contributed by atoms with Crippen LogP contribution in [0.3, 0.4) is 0 Å². The van der Waals surface area contributed by atoms with Crippen molar-refractivity contribution in [3.05, 3.63) is 87.6 Å². The molecule has 5 amide bonds. The molecule has 3 saturated heterocycles. The van der Waals surface area contributed by atoms with Gasteiger partial charge in [0.25, 0.3) is 17.7 Å². The Bertz CT molecular complexity index is 2240. The van der Waals surface area contributed by atoms with Gasteiger partial charge in [-0.15, -0.1) is 0 Å². The molecule has 8 rings (SSSR count). The van der Waals surface area contributed by atoms with E-state index >= 15 is 0 Å². The smallest absolute Gasteiger partial charge is 0.262 e. The molecule has 59 heavy (non-hydrogen) atoms. The van der Waals surface area contributed by atoms with Crippen LogP contribution in [0.4, 0.5) is 5.82 Å². The van der Waals surface area contributed by atoms with E-state index in [1.807, 2.05) is 52.0 Å². The topological polar surface area (TPSA) is 170 Å². The minimum absolute atomic E-state index is 0.0234. The molecule has 0 spiro atoms. The molecule has 5 aliphatic rings. The van der Waals surface area contributed by atoms with E-state index in [4.69, 9.17) is 22.1 Å². The van der Waals surface area contributed by atoms with Crippen molar-refractivity contribution in [2.75, 3.05) is 37.6 Å². The fraction of sp³-hybridized carbons (Fsp3) is 0.489. The van der Waals surface area contributed by atoms with Crippen molar-refractivity contribution in [2.45, 2.75) is 90.3 Å². The third kappa shape index (κ3) is 7.14. The van der Waals surface area contributed by atoms with Crippen molar-refractivity contribution in [3.63, 3.8) is 0 Å². The number of carbonyl (C=O) groups is 5. The molecule has 1 atom stereocenters. The molecule has 1 aliphatic carbocycles. The highest BCUT2D eigenvalue weighted by molar-refractivity contribution is 6.31. The fourth-order valence-corrected chi connectivity index (χ4v) is 11.1. The summed E-state index contributed by atoms with van der Waals surface area (Å²) in [6.45, 7) is 12.5. The van der Waals surface area contributed by atoms with Crippen molar-refractivity contribution >= 4 is 47.0 Å². The normalized spacial score (nSPS) is 24.8. The quantitative estimate of drug-likeness (QED) is 0.261. The molecule has 5 heterocycles. The zero-order valence-corrected chi connectivity index (χ0v) is 34.7. The van der Waals surface area contributed by atoms with Gasteiger partial charge in [-0.25, -0.2) is 4.98 Å². The number of hydrogen-bond donors (Lipinski definition) is 1. The number of nitrogens with two attached hydrogens (primary N) is 1. The molecule has 1 unspecified atom stereocenters. The number of piperidine rings is 3. The molecular formula is C45H50ClN7O6. The van der Waals surface area contributed by atoms with E-state index in [1.54, 1.807) is 30.3 Å². The molecule has 4 fully saturated rings. The number of primary amides is 1. The molecule has 2 aromatic carbocycles. The maximum atomic E-state index is 14.4. The number of aromatic nitrogens is 1. The Balaban J connectivity index is 0.886. The Labute approximate surface area is 349 Å². The lowest BCUT2D eigenvalue weighted by Crippen LogP contribution is -2.77. The van der Waals surface area contributed by atoms with E-state index in [0.29, 0.717) is 28.4 Å². The molecule has 1 aromatic heterocycles. The van der Waals surface area contributed by atoms with Crippen LogP contribution >= 0.6 is 11.6 Å². The van der Waals surface area contributed by atoms with Gasteiger partial charge in [0.2, 0.25) is 11.8 Å². The van der Waals surface area contributed by atoms with Crippen LogP contribution in [-0.2, 0) is 9.59 Å². The summed E-state index contributed by atoms with van der Waals surface area (Å²) in [7, 11) is 0. The highest BCUT2D eigenvalue weighted by Gasteiger charge is 2.68. The number of fused-ring (bicyclic) bond motifs is 1. The fourth-order valence-electron chi connectivity index (χ4n) is 10.9. The number of pyridine rings is 1. The number of halogens is 1. The van der Waals surface area contributed by atoms with E-state index in [9.17, 15) is 29.2 Å². The largest absolute Gasteiger partial charge is 0.489 e. The Kier molecular flexibility index (Phi) is 10.5. The first-order chi connectivity index (χ1) is 28.1. The van der Waals surface area contributed by atoms with Gasteiger partial charge >= 0.3 is 0 Å². The second kappa shape index (κ2) is 15.4. The third-order valence-corrected chi connectivity index (χ3v) is 13.9. The van der Waals surface area contributed by atoms with Crippen LogP contribution in [0.2, 0.25) is 5.02 Å². The van der Waals surface area contributed by atoms with Gasteiger partial charge in [-0.3, -0.25) is 33.8 Å². The first kappa shape index (κ1) is 40.5. The van der Waals surface area contributed by atoms with E-state index in [1.165, 1.54) is 11.1 Å². The van der Waals surface area contributed by atoms with E-state index < -0.39 is 52.6 Å². The van der Waals surface area contributed by atoms with Gasteiger partial charge in [0.1, 0.15) is 29.8 Å². The molecule has 4 aliphatic heterocycles. The number of ether oxygens (including phenoxy) is 1. The Morgan fingerprint density at radius 3 is 2.20 bits per heavy atom. The van der Waals surface area contributed by atoms with Crippen LogP contribution < -0.4 is 15.4 Å². The SMILES string of the molecule is CC1(C)C(Oc2ccc(C#N)c(Cl)c2)C(C)(C)C1N1C(=O)CCC(N2C(=O)c3ccc(C4CCN(CC5CCN(c6ccc(C(N)=O)cn6)CC5)CC4)cc3C2=O)C1=O. The number of hydrogen-bond acceptors (Lipinski definition) is 10. The Morgan fingerprint density at radius 2 is 1.58 bits per heavy atom. The highest BCUT2D eigenvalue weighted by Crippen LogP contribution is 2.58. The van der Waals surface area contributed by atoms with Crippen LogP contribution in [0.5, 0.6) is 5.75 Å². The number of imide groups is 2. The average molecular weight is 820 g/mol. The molecule has 14 heteroatoms. The van der Waals surface area contributed by atoms with Gasteiger partial charge in [0.05, 0.1) is 33.3 Å². The minimum Gasteiger partial charge on any atom is -0.489 e. The van der Waals surface area contributed by atoms with Gasteiger partial charge in [0.15, 0.2) is 0 Å². The lowest BCUT2D eigenvalue weighted by molar-refractivity contribution is -0.216. The lowest BCUT2D eigenvalue weighted by atomic mass is 9.48. The first-order valence-electron chi connectivity index (χ1n) is 20.6. The van der Waals surface area contributed by atoms with Crippen LogP contribution in [0, 0.1) is 28.1 Å². The molecule has 2 N–H and O–H groups in total. The lowest BCUT2D eigenvalue weighted by Gasteiger charge is -2.65. The van der Waals surface area contributed by atoms with Gasteiger partial charge in [-0.05, 0) is 99.0 Å². The summed E-state index contributed by atoms with van der Waals surface area (Å²) in [6.07, 6.45) is 5.21. The molecule has 3 aromatic rings. The van der Waals surface area contributed by atoms with Crippen LogP contribution in [0.15, 0.2) is 54.7 Å². The number of likely N-dealkylation sites (tertiary alicyclic amines) is 2. The second-order valence-corrected chi connectivity index (χ2v) is 18.4. The number of rotatable bonds is 9. The number of benzene rings is 2. The van der Waals surface area contributed by atoms with Gasteiger partial charge in [-0.1, -0.05) is 45.4 Å². The number of anilines is 1. The van der Waals surface area contributed by atoms with Gasteiger partial charge in [0, 0.05) is 49.1 Å². The monoisotopic (exact) mass is 819 g/mol. The average Bonchev–Trinajstić information content (AvgIpc) is 3.46. The summed E-state index contributed by atoms with van der Waals surface area (Å²) in [4.78, 5) is 79.0. The summed E-state index contributed by atoms with van der Waals surface area (Å²) >= 11 is 6.28.